The largest absolute Gasteiger partial charge is 0.586 e. The number of carbonyl (C=O) groups is 1. The van der Waals surface area contributed by atoms with Crippen LogP contribution in [0, 0.1) is 5.95 Å². The van der Waals surface area contributed by atoms with Gasteiger partial charge in [0.05, 0.1) is 23.1 Å². The molecule has 1 aliphatic carbocycles. The van der Waals surface area contributed by atoms with Crippen LogP contribution in [0.3, 0.4) is 0 Å². The molecule has 1 N–H and O–H groups in total. The van der Waals surface area contributed by atoms with Crippen LogP contribution in [0.4, 0.5) is 26.3 Å². The number of carboxylic acid groups (broad SMARTS) is 1. The number of hydrogen-bond donors (Lipinski definition) is 1. The number of carboxylic acids is 1. The quantitative estimate of drug-likeness (QED) is 0.173. The maximum atomic E-state index is 14.8. The van der Waals surface area contributed by atoms with Crippen molar-refractivity contribution >= 4 is 5.97 Å². The third-order valence-corrected chi connectivity index (χ3v) is 7.10. The molecule has 3 heterocycles. The fourth-order valence-electron chi connectivity index (χ4n) is 5.11. The first-order chi connectivity index (χ1) is 20.8. The molecule has 2 aliphatic rings. The van der Waals surface area contributed by atoms with Gasteiger partial charge in [-0.2, -0.15) is 22.7 Å². The number of pyridine rings is 1. The van der Waals surface area contributed by atoms with Crippen molar-refractivity contribution in [1.82, 2.24) is 14.8 Å². The minimum atomic E-state index is -4.81. The van der Waals surface area contributed by atoms with Crippen molar-refractivity contribution in [1.29, 1.82) is 0 Å². The normalized spacial score (nSPS) is 17.6. The third kappa shape index (κ3) is 5.56. The number of halogens is 6. The summed E-state index contributed by atoms with van der Waals surface area (Å²) in [4.78, 5) is 14.9. The molecule has 6 rings (SSSR count). The van der Waals surface area contributed by atoms with E-state index in [2.05, 4.69) is 19.6 Å². The Morgan fingerprint density at radius 1 is 1.11 bits per heavy atom. The fourth-order valence-corrected chi connectivity index (χ4v) is 5.11. The van der Waals surface area contributed by atoms with Crippen molar-refractivity contribution in [3.63, 3.8) is 0 Å². The Kier molecular flexibility index (Phi) is 7.05. The number of aromatic nitrogens is 3. The molecular formula is C29H21F6N3O6. The molecule has 0 saturated heterocycles. The van der Waals surface area contributed by atoms with E-state index in [0.717, 1.165) is 16.9 Å². The van der Waals surface area contributed by atoms with Gasteiger partial charge in [-0.1, -0.05) is 6.07 Å². The highest BCUT2D eigenvalue weighted by Gasteiger charge is 2.44. The van der Waals surface area contributed by atoms with Gasteiger partial charge >= 0.3 is 18.4 Å². The number of aromatic carboxylic acids is 1. The zero-order chi connectivity index (χ0) is 31.4. The van der Waals surface area contributed by atoms with Gasteiger partial charge in [-0.15, -0.1) is 8.78 Å². The summed E-state index contributed by atoms with van der Waals surface area (Å²) < 4.78 is 105. The first-order valence-corrected chi connectivity index (χ1v) is 13.2. The Bertz CT molecular complexity index is 1740. The summed E-state index contributed by atoms with van der Waals surface area (Å²) in [5.41, 5.74) is -0.873. The van der Waals surface area contributed by atoms with Crippen molar-refractivity contribution in [2.75, 3.05) is 0 Å². The summed E-state index contributed by atoms with van der Waals surface area (Å²) in [7, 11) is 0. The molecule has 0 spiro atoms. The third-order valence-electron chi connectivity index (χ3n) is 7.10. The topological polar surface area (TPSA) is 105 Å². The van der Waals surface area contributed by atoms with Crippen molar-refractivity contribution in [2.24, 2.45) is 0 Å². The van der Waals surface area contributed by atoms with Crippen LogP contribution in [0.25, 0.3) is 5.69 Å². The van der Waals surface area contributed by atoms with Gasteiger partial charge in [0.1, 0.15) is 18.0 Å². The Labute approximate surface area is 244 Å². The summed E-state index contributed by atoms with van der Waals surface area (Å²) in [6, 6.07) is 10.4. The van der Waals surface area contributed by atoms with E-state index < -0.39 is 48.0 Å². The fraction of sp³-hybridized carbons (Fsp3) is 0.276. The lowest BCUT2D eigenvalue weighted by molar-refractivity contribution is -0.286. The summed E-state index contributed by atoms with van der Waals surface area (Å²) >= 11 is 0. The lowest BCUT2D eigenvalue weighted by atomic mass is 9.93. The van der Waals surface area contributed by atoms with Crippen LogP contribution in [0.5, 0.6) is 23.0 Å². The molecule has 230 valence electrons. The van der Waals surface area contributed by atoms with Gasteiger partial charge in [0.2, 0.25) is 0 Å². The number of rotatable bonds is 7. The highest BCUT2D eigenvalue weighted by atomic mass is 19.4. The Morgan fingerprint density at radius 3 is 2.55 bits per heavy atom. The Morgan fingerprint density at radius 2 is 1.84 bits per heavy atom. The maximum Gasteiger partial charge on any atom is 0.586 e. The number of hydrogen-bond acceptors (Lipinski definition) is 7. The van der Waals surface area contributed by atoms with Crippen LogP contribution in [-0.2, 0) is 12.6 Å². The molecule has 0 saturated carbocycles. The molecule has 44 heavy (non-hydrogen) atoms. The molecule has 0 bridgehead atoms. The van der Waals surface area contributed by atoms with Gasteiger partial charge in [0, 0.05) is 11.6 Å². The van der Waals surface area contributed by atoms with Crippen LogP contribution in [-0.4, -0.2) is 32.1 Å². The monoisotopic (exact) mass is 621 g/mol. The van der Waals surface area contributed by atoms with Gasteiger partial charge in [-0.25, -0.2) is 14.5 Å². The molecular weight excluding hydrogens is 600 g/mol. The highest BCUT2D eigenvalue weighted by molar-refractivity contribution is 5.87. The molecule has 4 aromatic rings. The summed E-state index contributed by atoms with van der Waals surface area (Å²) in [5.74, 6) is -2.88. The van der Waals surface area contributed by atoms with Crippen molar-refractivity contribution in [3.8, 4) is 28.7 Å². The minimum Gasteiger partial charge on any atom is -0.484 e. The molecule has 1 unspecified atom stereocenters. The average Bonchev–Trinajstić information content (AvgIpc) is 3.51. The van der Waals surface area contributed by atoms with Crippen LogP contribution >= 0.6 is 0 Å². The molecule has 0 amide bonds. The SMILES string of the molecule is CC(Oc1cc(-n2nc(C(F)(F)F)c3c2[C@@H](Oc2ccc(C(=O)O)cc2)CCC3)cnc1F)c1ccc2c(c1)OC(F)(F)O2. The standard InChI is InChI=1S/C29H21F6N3O6/c1-14(16-7-10-20-22(11-16)44-29(34,35)43-20)41-23-12-17(13-36-26(23)30)38-24-19(25(37-38)28(31,32)33)3-2-4-21(24)42-18-8-5-15(6-9-18)27(39)40/h5-14,21H,2-4H2,1H3,(H,39,40)/t14?,21-/m0/s1. The minimum absolute atomic E-state index is 0.00362. The van der Waals surface area contributed by atoms with Crippen molar-refractivity contribution < 1.29 is 55.2 Å². The number of ether oxygens (including phenoxy) is 4. The van der Waals surface area contributed by atoms with Crippen LogP contribution in [0.15, 0.2) is 54.7 Å². The summed E-state index contributed by atoms with van der Waals surface area (Å²) in [5, 5.41) is 13.0. The van der Waals surface area contributed by atoms with Crippen molar-refractivity contribution in [2.45, 2.75) is 50.9 Å². The number of nitrogens with zero attached hydrogens (tertiary/aromatic N) is 3. The zero-order valence-corrected chi connectivity index (χ0v) is 22.6. The molecule has 15 heteroatoms. The number of alkyl halides is 5. The molecule has 2 aromatic carbocycles. The van der Waals surface area contributed by atoms with Crippen molar-refractivity contribution in [3.05, 3.63) is 88.8 Å². The van der Waals surface area contributed by atoms with E-state index in [4.69, 9.17) is 14.6 Å². The second-order valence-electron chi connectivity index (χ2n) is 10.1. The molecule has 2 atom stereocenters. The molecule has 2 aromatic heterocycles. The van der Waals surface area contributed by atoms with E-state index >= 15 is 0 Å². The van der Waals surface area contributed by atoms with Gasteiger partial charge in [0.15, 0.2) is 22.9 Å². The lowest BCUT2D eigenvalue weighted by Gasteiger charge is -2.26. The molecule has 9 nitrogen and oxygen atoms in total. The van der Waals surface area contributed by atoms with Crippen LogP contribution in [0.2, 0.25) is 0 Å². The van der Waals surface area contributed by atoms with Gasteiger partial charge in [-0.3, -0.25) is 0 Å². The van der Waals surface area contributed by atoms with E-state index in [1.807, 2.05) is 0 Å². The predicted octanol–water partition coefficient (Wildman–Crippen LogP) is 7.04. The van der Waals surface area contributed by atoms with Crippen LogP contribution in [0.1, 0.15) is 64.8 Å². The summed E-state index contributed by atoms with van der Waals surface area (Å²) in [6.07, 6.45) is -8.78. The van der Waals surface area contributed by atoms with Crippen LogP contribution < -0.4 is 18.9 Å². The van der Waals surface area contributed by atoms with Gasteiger partial charge in [-0.05, 0) is 68.1 Å². The van der Waals surface area contributed by atoms with E-state index in [1.165, 1.54) is 49.4 Å². The zero-order valence-electron chi connectivity index (χ0n) is 22.6. The average molecular weight is 621 g/mol. The van der Waals surface area contributed by atoms with Gasteiger partial charge in [0.25, 0.3) is 5.95 Å². The molecule has 0 radical (unpaired) electrons. The number of fused-ring (bicyclic) bond motifs is 2. The highest BCUT2D eigenvalue weighted by Crippen LogP contribution is 2.44. The maximum absolute atomic E-state index is 14.8. The Balaban J connectivity index is 1.34. The predicted molar refractivity (Wildman–Crippen MR) is 138 cm³/mol. The van der Waals surface area contributed by atoms with E-state index in [9.17, 15) is 31.1 Å². The first-order valence-electron chi connectivity index (χ1n) is 13.2. The lowest BCUT2D eigenvalue weighted by Crippen LogP contribution is -2.25. The number of benzene rings is 2. The second-order valence-corrected chi connectivity index (χ2v) is 10.1. The van der Waals surface area contributed by atoms with E-state index in [1.54, 1.807) is 0 Å². The van der Waals surface area contributed by atoms with E-state index in [0.29, 0.717) is 18.4 Å². The van der Waals surface area contributed by atoms with Gasteiger partial charge < -0.3 is 24.1 Å². The second kappa shape index (κ2) is 10.6. The Hall–Kier alpha value is -4.95. The first kappa shape index (κ1) is 29.1. The molecule has 1 aliphatic heterocycles. The molecule has 0 fully saturated rings. The van der Waals surface area contributed by atoms with E-state index in [-0.39, 0.29) is 46.2 Å². The summed E-state index contributed by atoms with van der Waals surface area (Å²) in [6.45, 7) is 1.50. The smallest absolute Gasteiger partial charge is 0.484 e.